The number of carbonyl (C=O) groups excluding carboxylic acids is 2. The van der Waals surface area contributed by atoms with E-state index in [2.05, 4.69) is 0 Å². The Labute approximate surface area is 159 Å². The Morgan fingerprint density at radius 1 is 1.33 bits per heavy atom. The van der Waals surface area contributed by atoms with Gasteiger partial charge in [0.1, 0.15) is 11.4 Å². The van der Waals surface area contributed by atoms with E-state index in [1.807, 2.05) is 37.1 Å². The van der Waals surface area contributed by atoms with Gasteiger partial charge in [0.25, 0.3) is 0 Å². The van der Waals surface area contributed by atoms with Crippen LogP contribution in [0.15, 0.2) is 18.2 Å². The molecule has 2 saturated heterocycles. The van der Waals surface area contributed by atoms with Crippen LogP contribution in [0.1, 0.15) is 52.0 Å². The molecule has 6 heteroatoms. The number of benzene rings is 1. The Hall–Kier alpha value is -2.08. The summed E-state index contributed by atoms with van der Waals surface area (Å²) >= 11 is 0. The zero-order valence-corrected chi connectivity index (χ0v) is 16.8. The number of anilines is 1. The van der Waals surface area contributed by atoms with Gasteiger partial charge in [-0.25, -0.2) is 4.79 Å². The average molecular weight is 373 g/mol. The van der Waals surface area contributed by atoms with E-state index in [4.69, 9.17) is 14.2 Å². The number of rotatable bonds is 2. The Bertz CT molecular complexity index is 828. The molecule has 3 aliphatic heterocycles. The summed E-state index contributed by atoms with van der Waals surface area (Å²) in [4.78, 5) is 28.4. The maximum atomic E-state index is 13.3. The van der Waals surface area contributed by atoms with Crippen molar-refractivity contribution in [2.75, 3.05) is 19.1 Å². The lowest BCUT2D eigenvalue weighted by atomic mass is 9.79. The largest absolute Gasteiger partial charge is 0.497 e. The van der Waals surface area contributed by atoms with Gasteiger partial charge in [-0.2, -0.15) is 0 Å². The first-order valence-corrected chi connectivity index (χ1v) is 9.41. The Morgan fingerprint density at radius 2 is 2.04 bits per heavy atom. The molecule has 4 rings (SSSR count). The summed E-state index contributed by atoms with van der Waals surface area (Å²) in [7, 11) is 3.55. The van der Waals surface area contributed by atoms with Crippen molar-refractivity contribution in [2.24, 2.45) is 0 Å². The highest BCUT2D eigenvalue weighted by Gasteiger charge is 2.74. The summed E-state index contributed by atoms with van der Waals surface area (Å²) in [5.41, 5.74) is -0.838. The monoisotopic (exact) mass is 373 g/mol. The SMILES string of the molecule is COc1ccc2c(c1)C1C(N2C)C2(C(=O)OC(C)(C)C)OC1(C)CCC2=O. The number of methoxy groups -OCH3 is 1. The molecule has 0 spiro atoms. The zero-order valence-electron chi connectivity index (χ0n) is 16.8. The van der Waals surface area contributed by atoms with Crippen molar-refractivity contribution < 1.29 is 23.8 Å². The van der Waals surface area contributed by atoms with Crippen molar-refractivity contribution in [3.63, 3.8) is 0 Å². The van der Waals surface area contributed by atoms with Crippen LogP contribution in [0.3, 0.4) is 0 Å². The lowest BCUT2D eigenvalue weighted by molar-refractivity contribution is -0.199. The molecular weight excluding hydrogens is 346 g/mol. The number of Topliss-reactive ketones (excluding diaryl/α,β-unsaturated/α-hetero) is 1. The number of nitrogens with zero attached hydrogens (tertiary/aromatic N) is 1. The summed E-state index contributed by atoms with van der Waals surface area (Å²) < 4.78 is 17.4. The fraction of sp³-hybridized carbons (Fsp3) is 0.619. The molecule has 4 atom stereocenters. The molecule has 0 aliphatic carbocycles. The van der Waals surface area contributed by atoms with E-state index >= 15 is 0 Å². The predicted octanol–water partition coefficient (Wildman–Crippen LogP) is 2.83. The first-order valence-electron chi connectivity index (χ1n) is 9.41. The Balaban J connectivity index is 1.88. The number of ketones is 1. The standard InChI is InChI=1S/C21H27NO5/c1-19(2,3)26-18(24)21-15(23)9-10-20(4,27-21)16-13-11-12(25-6)7-8-14(13)22(5)17(16)21/h7-8,11,16-17H,9-10H2,1-6H3. The highest BCUT2D eigenvalue weighted by molar-refractivity contribution is 6.11. The summed E-state index contributed by atoms with van der Waals surface area (Å²) in [6.45, 7) is 7.42. The van der Waals surface area contributed by atoms with Gasteiger partial charge < -0.3 is 19.1 Å². The van der Waals surface area contributed by atoms with Crippen LogP contribution < -0.4 is 9.64 Å². The van der Waals surface area contributed by atoms with Crippen LogP contribution in [0, 0.1) is 0 Å². The molecule has 6 nitrogen and oxygen atoms in total. The minimum absolute atomic E-state index is 0.105. The van der Waals surface area contributed by atoms with Crippen LogP contribution in [0.2, 0.25) is 0 Å². The van der Waals surface area contributed by atoms with Crippen molar-refractivity contribution >= 4 is 17.4 Å². The van der Waals surface area contributed by atoms with Crippen LogP contribution in [0.5, 0.6) is 5.75 Å². The predicted molar refractivity (Wildman–Crippen MR) is 100 cm³/mol. The Kier molecular flexibility index (Phi) is 3.71. The van der Waals surface area contributed by atoms with Gasteiger partial charge in [0.2, 0.25) is 5.60 Å². The van der Waals surface area contributed by atoms with Crippen molar-refractivity contribution in [1.82, 2.24) is 0 Å². The first kappa shape index (κ1) is 18.3. The molecule has 0 aromatic heterocycles. The normalized spacial score (nSPS) is 34.3. The maximum Gasteiger partial charge on any atom is 0.349 e. The summed E-state index contributed by atoms with van der Waals surface area (Å²) in [5, 5.41) is 0. The number of hydrogen-bond donors (Lipinski definition) is 0. The van der Waals surface area contributed by atoms with Crippen LogP contribution in [-0.2, 0) is 19.1 Å². The van der Waals surface area contributed by atoms with Gasteiger partial charge in [-0.15, -0.1) is 0 Å². The van der Waals surface area contributed by atoms with Crippen LogP contribution in [-0.4, -0.2) is 48.8 Å². The van der Waals surface area contributed by atoms with Gasteiger partial charge in [0.05, 0.1) is 18.8 Å². The van der Waals surface area contributed by atoms with E-state index in [9.17, 15) is 9.59 Å². The van der Waals surface area contributed by atoms with Gasteiger partial charge in [-0.3, -0.25) is 4.79 Å². The summed E-state index contributed by atoms with van der Waals surface area (Å²) in [6, 6.07) is 5.46. The van der Waals surface area contributed by atoms with E-state index in [0.717, 1.165) is 17.0 Å². The quantitative estimate of drug-likeness (QED) is 0.587. The summed E-state index contributed by atoms with van der Waals surface area (Å²) in [5.74, 6) is -0.115. The second-order valence-corrected chi connectivity index (χ2v) is 9.03. The molecule has 0 saturated carbocycles. The van der Waals surface area contributed by atoms with Gasteiger partial charge >= 0.3 is 5.97 Å². The molecule has 4 unspecified atom stereocenters. The van der Waals surface area contributed by atoms with Crippen molar-refractivity contribution in [2.45, 2.75) is 69.3 Å². The molecule has 1 aromatic carbocycles. The van der Waals surface area contributed by atoms with E-state index in [-0.39, 0.29) is 11.7 Å². The fourth-order valence-corrected chi connectivity index (χ4v) is 5.04. The van der Waals surface area contributed by atoms with Crippen LogP contribution >= 0.6 is 0 Å². The highest BCUT2D eigenvalue weighted by atomic mass is 16.6. The molecule has 3 heterocycles. The number of esters is 1. The van der Waals surface area contributed by atoms with E-state index in [0.29, 0.717) is 12.8 Å². The summed E-state index contributed by atoms with van der Waals surface area (Å²) in [6.07, 6.45) is 0.901. The molecule has 1 aromatic rings. The third-order valence-electron chi connectivity index (χ3n) is 6.12. The number of ether oxygens (including phenoxy) is 3. The van der Waals surface area contributed by atoms with E-state index < -0.39 is 28.8 Å². The molecule has 146 valence electrons. The second-order valence-electron chi connectivity index (χ2n) is 9.03. The topological polar surface area (TPSA) is 65.1 Å². The average Bonchev–Trinajstić information content (AvgIpc) is 3.01. The fourth-order valence-electron chi connectivity index (χ4n) is 5.04. The molecule has 0 radical (unpaired) electrons. The second kappa shape index (κ2) is 5.47. The number of likely N-dealkylation sites (N-methyl/N-ethyl adjacent to an activating group) is 1. The molecule has 2 bridgehead atoms. The zero-order chi connectivity index (χ0) is 19.8. The van der Waals surface area contributed by atoms with Gasteiger partial charge in [0.15, 0.2) is 5.78 Å². The number of fused-ring (bicyclic) bond motifs is 7. The molecule has 0 N–H and O–H groups in total. The van der Waals surface area contributed by atoms with Crippen molar-refractivity contribution in [1.29, 1.82) is 0 Å². The lowest BCUT2D eigenvalue weighted by Gasteiger charge is -2.40. The molecule has 27 heavy (non-hydrogen) atoms. The minimum atomic E-state index is -1.59. The first-order chi connectivity index (χ1) is 12.5. The number of hydrogen-bond acceptors (Lipinski definition) is 6. The molecule has 2 fully saturated rings. The van der Waals surface area contributed by atoms with Gasteiger partial charge in [-0.05, 0) is 57.9 Å². The number of carbonyl (C=O) groups is 2. The Morgan fingerprint density at radius 3 is 2.67 bits per heavy atom. The highest BCUT2D eigenvalue weighted by Crippen LogP contribution is 2.62. The van der Waals surface area contributed by atoms with Gasteiger partial charge in [0, 0.05) is 25.1 Å². The van der Waals surface area contributed by atoms with Crippen molar-refractivity contribution in [3.05, 3.63) is 23.8 Å². The van der Waals surface area contributed by atoms with Crippen molar-refractivity contribution in [3.8, 4) is 5.75 Å². The van der Waals surface area contributed by atoms with Crippen LogP contribution in [0.25, 0.3) is 0 Å². The van der Waals surface area contributed by atoms with E-state index in [1.165, 1.54) is 0 Å². The van der Waals surface area contributed by atoms with Gasteiger partial charge in [-0.1, -0.05) is 0 Å². The van der Waals surface area contributed by atoms with E-state index in [1.54, 1.807) is 27.9 Å². The third-order valence-corrected chi connectivity index (χ3v) is 6.12. The maximum absolute atomic E-state index is 13.3. The molecule has 3 aliphatic rings. The van der Waals surface area contributed by atoms with Crippen LogP contribution in [0.4, 0.5) is 5.69 Å². The minimum Gasteiger partial charge on any atom is -0.497 e. The molecule has 0 amide bonds. The molecular formula is C21H27NO5. The third kappa shape index (κ3) is 2.35. The smallest absolute Gasteiger partial charge is 0.349 e. The lowest BCUT2D eigenvalue weighted by Crippen LogP contribution is -2.62.